The third kappa shape index (κ3) is 4.36. The summed E-state index contributed by atoms with van der Waals surface area (Å²) in [5.74, 6) is 0.421. The van der Waals surface area contributed by atoms with Crippen molar-refractivity contribution in [3.8, 4) is 5.75 Å². The third-order valence-corrected chi connectivity index (χ3v) is 3.28. The maximum Gasteiger partial charge on any atom is 0.307 e. The van der Waals surface area contributed by atoms with Gasteiger partial charge in [-0.15, -0.1) is 0 Å². The van der Waals surface area contributed by atoms with Crippen LogP contribution in [0.4, 0.5) is 0 Å². The fourth-order valence-electron chi connectivity index (χ4n) is 1.62. The SMILES string of the molecule is CC[C@H](C)Oc1ccc(/C=N/NC(=O)c2ccco2)cc1Cl. The van der Waals surface area contributed by atoms with Crippen LogP contribution in [-0.4, -0.2) is 18.2 Å². The number of rotatable bonds is 6. The number of halogens is 1. The molecule has 0 radical (unpaired) electrons. The zero-order chi connectivity index (χ0) is 15.9. The molecule has 5 nitrogen and oxygen atoms in total. The summed E-state index contributed by atoms with van der Waals surface area (Å²) >= 11 is 6.16. The molecule has 0 aliphatic rings. The van der Waals surface area contributed by atoms with Crippen LogP contribution in [0, 0.1) is 0 Å². The number of amides is 1. The maximum atomic E-state index is 11.6. The normalized spacial score (nSPS) is 12.3. The number of hydrogen-bond donors (Lipinski definition) is 1. The molecule has 0 aliphatic heterocycles. The van der Waals surface area contributed by atoms with Crippen LogP contribution in [0.1, 0.15) is 36.4 Å². The molecule has 0 saturated carbocycles. The Balaban J connectivity index is 1.97. The molecule has 0 bridgehead atoms. The molecular formula is C16H17ClN2O3. The summed E-state index contributed by atoms with van der Waals surface area (Å²) in [6.45, 7) is 4.02. The molecular weight excluding hydrogens is 304 g/mol. The van der Waals surface area contributed by atoms with Crippen molar-refractivity contribution in [3.63, 3.8) is 0 Å². The van der Waals surface area contributed by atoms with Gasteiger partial charge < -0.3 is 9.15 Å². The molecule has 6 heteroatoms. The van der Waals surface area contributed by atoms with Gasteiger partial charge in [0.2, 0.25) is 0 Å². The van der Waals surface area contributed by atoms with E-state index < -0.39 is 5.91 Å². The van der Waals surface area contributed by atoms with Crippen LogP contribution in [0.2, 0.25) is 5.02 Å². The second-order valence-corrected chi connectivity index (χ2v) is 5.11. The summed E-state index contributed by atoms with van der Waals surface area (Å²) in [4.78, 5) is 11.6. The number of ether oxygens (including phenoxy) is 1. The highest BCUT2D eigenvalue weighted by Crippen LogP contribution is 2.26. The molecule has 0 saturated heterocycles. The van der Waals surface area contributed by atoms with Crippen molar-refractivity contribution in [1.82, 2.24) is 5.43 Å². The zero-order valence-electron chi connectivity index (χ0n) is 12.4. The monoisotopic (exact) mass is 320 g/mol. The van der Waals surface area contributed by atoms with Crippen molar-refractivity contribution in [2.45, 2.75) is 26.4 Å². The number of nitrogens with one attached hydrogen (secondary N) is 1. The van der Waals surface area contributed by atoms with E-state index in [1.807, 2.05) is 19.9 Å². The molecule has 1 aromatic heterocycles. The van der Waals surface area contributed by atoms with Crippen LogP contribution in [0.3, 0.4) is 0 Å². The lowest BCUT2D eigenvalue weighted by Gasteiger charge is -2.13. The quantitative estimate of drug-likeness (QED) is 0.649. The van der Waals surface area contributed by atoms with Crippen molar-refractivity contribution in [1.29, 1.82) is 0 Å². The Morgan fingerprint density at radius 1 is 1.50 bits per heavy atom. The highest BCUT2D eigenvalue weighted by Gasteiger charge is 2.07. The lowest BCUT2D eigenvalue weighted by molar-refractivity contribution is 0.0927. The molecule has 0 fully saturated rings. The van der Waals surface area contributed by atoms with Gasteiger partial charge in [-0.1, -0.05) is 18.5 Å². The number of carbonyl (C=O) groups is 1. The minimum Gasteiger partial charge on any atom is -0.489 e. The van der Waals surface area contributed by atoms with Gasteiger partial charge in [-0.3, -0.25) is 4.79 Å². The molecule has 22 heavy (non-hydrogen) atoms. The number of nitrogens with zero attached hydrogens (tertiary/aromatic N) is 1. The fraction of sp³-hybridized carbons (Fsp3) is 0.250. The predicted molar refractivity (Wildman–Crippen MR) is 85.6 cm³/mol. The third-order valence-electron chi connectivity index (χ3n) is 2.98. The van der Waals surface area contributed by atoms with Gasteiger partial charge in [-0.2, -0.15) is 5.10 Å². The molecule has 1 atom stereocenters. The van der Waals surface area contributed by atoms with Gasteiger partial charge >= 0.3 is 5.91 Å². The molecule has 0 spiro atoms. The average Bonchev–Trinajstić information content (AvgIpc) is 3.04. The molecule has 2 aromatic rings. The number of carbonyl (C=O) groups excluding carboxylic acids is 1. The second kappa shape index (κ2) is 7.66. The first kappa shape index (κ1) is 16.1. The summed E-state index contributed by atoms with van der Waals surface area (Å²) in [6.07, 6.45) is 3.93. The smallest absolute Gasteiger partial charge is 0.307 e. The van der Waals surface area contributed by atoms with Crippen LogP contribution in [0.25, 0.3) is 0 Å². The lowest BCUT2D eigenvalue weighted by atomic mass is 10.2. The first-order chi connectivity index (χ1) is 10.6. The van der Waals surface area contributed by atoms with Gasteiger partial charge in [-0.05, 0) is 49.2 Å². The van der Waals surface area contributed by atoms with Crippen molar-refractivity contribution in [2.24, 2.45) is 5.10 Å². The minimum absolute atomic E-state index is 0.101. The fourth-order valence-corrected chi connectivity index (χ4v) is 1.85. The Labute approximate surface area is 133 Å². The van der Waals surface area contributed by atoms with Crippen LogP contribution >= 0.6 is 11.6 Å². The molecule has 2 rings (SSSR count). The molecule has 0 unspecified atom stereocenters. The van der Waals surface area contributed by atoms with Crippen LogP contribution in [0.5, 0.6) is 5.75 Å². The van der Waals surface area contributed by atoms with Crippen LogP contribution in [0.15, 0.2) is 46.1 Å². The Hall–Kier alpha value is -2.27. The van der Waals surface area contributed by atoms with Crippen molar-refractivity contribution >= 4 is 23.7 Å². The topological polar surface area (TPSA) is 63.8 Å². The second-order valence-electron chi connectivity index (χ2n) is 4.70. The van der Waals surface area contributed by atoms with Gasteiger partial charge in [0.15, 0.2) is 5.76 Å². The summed E-state index contributed by atoms with van der Waals surface area (Å²) < 4.78 is 10.6. The average molecular weight is 321 g/mol. The molecule has 1 aromatic carbocycles. The lowest BCUT2D eigenvalue weighted by Crippen LogP contribution is -2.16. The van der Waals surface area contributed by atoms with Crippen LogP contribution in [-0.2, 0) is 0 Å². The van der Waals surface area contributed by atoms with E-state index in [9.17, 15) is 4.79 Å². The largest absolute Gasteiger partial charge is 0.489 e. The molecule has 0 aliphatic carbocycles. The Morgan fingerprint density at radius 3 is 2.95 bits per heavy atom. The van der Waals surface area contributed by atoms with Crippen molar-refractivity contribution in [3.05, 3.63) is 52.9 Å². The molecule has 116 valence electrons. The van der Waals surface area contributed by atoms with E-state index in [0.29, 0.717) is 10.8 Å². The highest BCUT2D eigenvalue weighted by molar-refractivity contribution is 6.32. The van der Waals surface area contributed by atoms with E-state index in [0.717, 1.165) is 12.0 Å². The first-order valence-electron chi connectivity index (χ1n) is 6.93. The van der Waals surface area contributed by atoms with Crippen LogP contribution < -0.4 is 10.2 Å². The summed E-state index contributed by atoms with van der Waals surface area (Å²) in [5.41, 5.74) is 3.12. The van der Waals surface area contributed by atoms with Crippen molar-refractivity contribution < 1.29 is 13.9 Å². The number of hydrogen-bond acceptors (Lipinski definition) is 4. The number of hydrazone groups is 1. The van der Waals surface area contributed by atoms with E-state index >= 15 is 0 Å². The first-order valence-corrected chi connectivity index (χ1v) is 7.31. The Bertz CT molecular complexity index is 653. The Morgan fingerprint density at radius 2 is 2.32 bits per heavy atom. The van der Waals surface area contributed by atoms with Gasteiger partial charge in [0.1, 0.15) is 5.75 Å². The van der Waals surface area contributed by atoms with Gasteiger partial charge in [0.25, 0.3) is 0 Å². The number of benzene rings is 1. The van der Waals surface area contributed by atoms with E-state index in [2.05, 4.69) is 10.5 Å². The summed E-state index contributed by atoms with van der Waals surface area (Å²) in [6, 6.07) is 8.51. The molecule has 1 N–H and O–H groups in total. The van der Waals surface area contributed by atoms with Gasteiger partial charge in [-0.25, -0.2) is 5.43 Å². The van der Waals surface area contributed by atoms with E-state index in [4.69, 9.17) is 20.8 Å². The van der Waals surface area contributed by atoms with Gasteiger partial charge in [0.05, 0.1) is 23.6 Å². The minimum atomic E-state index is -0.413. The summed E-state index contributed by atoms with van der Waals surface area (Å²) in [5, 5.41) is 4.36. The van der Waals surface area contributed by atoms with E-state index in [1.54, 1.807) is 24.3 Å². The number of furan rings is 1. The summed E-state index contributed by atoms with van der Waals surface area (Å²) in [7, 11) is 0. The highest BCUT2D eigenvalue weighted by atomic mass is 35.5. The maximum absolute atomic E-state index is 11.6. The standard InChI is InChI=1S/C16H17ClN2O3/c1-3-11(2)22-14-7-6-12(9-13(14)17)10-18-19-16(20)15-5-4-8-21-15/h4-11H,3H2,1-2H3,(H,19,20)/b18-10+/t11-/m0/s1. The van der Waals surface area contributed by atoms with E-state index in [1.165, 1.54) is 12.5 Å². The zero-order valence-corrected chi connectivity index (χ0v) is 13.1. The Kier molecular flexibility index (Phi) is 5.61. The molecule has 1 heterocycles. The molecule has 1 amide bonds. The van der Waals surface area contributed by atoms with Gasteiger partial charge in [0, 0.05) is 0 Å². The predicted octanol–water partition coefficient (Wildman–Crippen LogP) is 3.87. The van der Waals surface area contributed by atoms with E-state index in [-0.39, 0.29) is 11.9 Å². The van der Waals surface area contributed by atoms with Crippen molar-refractivity contribution in [2.75, 3.05) is 0 Å².